The number of hydrogen-bond acceptors (Lipinski definition) is 9. The molecule has 24 heavy (non-hydrogen) atoms. The van der Waals surface area contributed by atoms with Crippen LogP contribution in [0.25, 0.3) is 0 Å². The van der Waals surface area contributed by atoms with Crippen LogP contribution in [-0.4, -0.2) is 51.3 Å². The van der Waals surface area contributed by atoms with E-state index in [-0.39, 0.29) is 12.4 Å². The maximum atomic E-state index is 12.2. The highest BCUT2D eigenvalue weighted by Crippen LogP contribution is 2.42. The van der Waals surface area contributed by atoms with Crippen LogP contribution in [-0.2, 0) is 23.8 Å². The summed E-state index contributed by atoms with van der Waals surface area (Å²) in [6.45, 7) is 4.47. The van der Waals surface area contributed by atoms with E-state index in [1.54, 1.807) is 13.8 Å². The number of aliphatic hydroxyl groups excluding tert-OH is 1. The molecule has 0 amide bonds. The van der Waals surface area contributed by atoms with E-state index in [2.05, 4.69) is 15.3 Å². The Kier molecular flexibility index (Phi) is 4.30. The quantitative estimate of drug-likeness (QED) is 0.701. The van der Waals surface area contributed by atoms with Crippen molar-refractivity contribution < 1.29 is 28.9 Å². The molecule has 0 bridgehead atoms. The van der Waals surface area contributed by atoms with E-state index in [1.165, 1.54) is 23.8 Å². The monoisotopic (exact) mass is 341 g/mol. The van der Waals surface area contributed by atoms with Gasteiger partial charge in [-0.25, -0.2) is 10.3 Å². The Morgan fingerprint density at radius 3 is 2.79 bits per heavy atom. The molecule has 3 heterocycles. The summed E-state index contributed by atoms with van der Waals surface area (Å²) in [4.78, 5) is 31.4. The van der Waals surface area contributed by atoms with Gasteiger partial charge in [0.1, 0.15) is 18.3 Å². The van der Waals surface area contributed by atoms with E-state index in [0.29, 0.717) is 0 Å². The molecule has 2 fully saturated rings. The molecule has 0 radical (unpaired) electrons. The normalized spacial score (nSPS) is 30.8. The SMILES string of the molecule is CC(=O)ONc1ccn([C@@H]2O[C@H](CO)[C@H]3OC(C)(C)O[C@H]32)c(=O)n1. The Hall–Kier alpha value is -2.01. The number of carbonyl (C=O) groups is 1. The van der Waals surface area contributed by atoms with Gasteiger partial charge in [0.15, 0.2) is 17.8 Å². The lowest BCUT2D eigenvalue weighted by Gasteiger charge is -2.24. The molecule has 2 N–H and O–H groups in total. The van der Waals surface area contributed by atoms with Crippen LogP contribution in [0.3, 0.4) is 0 Å². The zero-order chi connectivity index (χ0) is 17.5. The Balaban J connectivity index is 1.83. The minimum Gasteiger partial charge on any atom is -0.394 e. The van der Waals surface area contributed by atoms with E-state index in [0.717, 1.165) is 0 Å². The highest BCUT2D eigenvalue weighted by molar-refractivity contribution is 5.66. The second kappa shape index (κ2) is 6.13. The molecule has 0 spiro atoms. The number of fused-ring (bicyclic) bond motifs is 1. The van der Waals surface area contributed by atoms with Gasteiger partial charge in [-0.1, -0.05) is 0 Å². The lowest BCUT2D eigenvalue weighted by Crippen LogP contribution is -2.35. The van der Waals surface area contributed by atoms with Crippen molar-refractivity contribution in [2.45, 2.75) is 51.1 Å². The average Bonchev–Trinajstić information content (AvgIpc) is 2.98. The van der Waals surface area contributed by atoms with Gasteiger partial charge in [-0.2, -0.15) is 4.98 Å². The fourth-order valence-electron chi connectivity index (χ4n) is 2.82. The van der Waals surface area contributed by atoms with E-state index < -0.39 is 42.0 Å². The van der Waals surface area contributed by atoms with Crippen molar-refractivity contribution in [1.82, 2.24) is 9.55 Å². The van der Waals surface area contributed by atoms with Gasteiger partial charge in [0, 0.05) is 19.2 Å². The van der Waals surface area contributed by atoms with Crippen molar-refractivity contribution in [2.24, 2.45) is 0 Å². The Labute approximate surface area is 137 Å². The van der Waals surface area contributed by atoms with Gasteiger partial charge in [0.25, 0.3) is 0 Å². The molecule has 1 aromatic heterocycles. The number of ether oxygens (including phenoxy) is 3. The predicted octanol–water partition coefficient (Wildman–Crippen LogP) is -0.457. The zero-order valence-corrected chi connectivity index (χ0v) is 13.5. The van der Waals surface area contributed by atoms with Crippen LogP contribution in [0.2, 0.25) is 0 Å². The van der Waals surface area contributed by atoms with Gasteiger partial charge in [-0.3, -0.25) is 9.36 Å². The number of hydrogen-bond donors (Lipinski definition) is 2. The summed E-state index contributed by atoms with van der Waals surface area (Å²) >= 11 is 0. The van der Waals surface area contributed by atoms with E-state index in [4.69, 9.17) is 14.2 Å². The molecule has 0 unspecified atom stereocenters. The highest BCUT2D eigenvalue weighted by Gasteiger charge is 2.55. The van der Waals surface area contributed by atoms with Crippen LogP contribution in [0.15, 0.2) is 17.1 Å². The first-order valence-electron chi connectivity index (χ1n) is 7.45. The predicted molar refractivity (Wildman–Crippen MR) is 78.7 cm³/mol. The van der Waals surface area contributed by atoms with Gasteiger partial charge >= 0.3 is 11.7 Å². The first kappa shape index (κ1) is 16.8. The second-order valence-corrected chi connectivity index (χ2v) is 6.01. The highest BCUT2D eigenvalue weighted by atomic mass is 16.8. The molecular weight excluding hydrogens is 322 g/mol. The Morgan fingerprint density at radius 2 is 2.17 bits per heavy atom. The number of aliphatic hydroxyl groups is 1. The van der Waals surface area contributed by atoms with Gasteiger partial charge in [-0.15, -0.1) is 0 Å². The summed E-state index contributed by atoms with van der Waals surface area (Å²) < 4.78 is 18.5. The lowest BCUT2D eigenvalue weighted by molar-refractivity contribution is -0.200. The van der Waals surface area contributed by atoms with Crippen molar-refractivity contribution >= 4 is 11.8 Å². The van der Waals surface area contributed by atoms with Crippen molar-refractivity contribution in [1.29, 1.82) is 0 Å². The third kappa shape index (κ3) is 3.13. The molecule has 10 nitrogen and oxygen atoms in total. The van der Waals surface area contributed by atoms with Crippen LogP contribution < -0.4 is 11.2 Å². The van der Waals surface area contributed by atoms with Crippen LogP contribution in [0.5, 0.6) is 0 Å². The summed E-state index contributed by atoms with van der Waals surface area (Å²) in [5.41, 5.74) is 1.65. The average molecular weight is 341 g/mol. The molecule has 3 rings (SSSR count). The van der Waals surface area contributed by atoms with Crippen molar-refractivity contribution in [3.63, 3.8) is 0 Å². The van der Waals surface area contributed by atoms with Crippen molar-refractivity contribution in [3.05, 3.63) is 22.7 Å². The molecule has 0 saturated carbocycles. The Bertz CT molecular complexity index is 689. The summed E-state index contributed by atoms with van der Waals surface area (Å²) in [7, 11) is 0. The molecule has 4 atom stereocenters. The molecule has 0 aromatic carbocycles. The maximum Gasteiger partial charge on any atom is 0.351 e. The fourth-order valence-corrected chi connectivity index (χ4v) is 2.82. The van der Waals surface area contributed by atoms with Crippen LogP contribution in [0.1, 0.15) is 27.0 Å². The van der Waals surface area contributed by atoms with Gasteiger partial charge in [0.2, 0.25) is 0 Å². The van der Waals surface area contributed by atoms with Crippen molar-refractivity contribution in [2.75, 3.05) is 12.1 Å². The van der Waals surface area contributed by atoms with Crippen LogP contribution in [0.4, 0.5) is 5.82 Å². The topological polar surface area (TPSA) is 121 Å². The molecule has 2 aliphatic heterocycles. The first-order chi connectivity index (χ1) is 11.3. The van der Waals surface area contributed by atoms with E-state index in [9.17, 15) is 14.7 Å². The molecule has 2 aliphatic rings. The number of anilines is 1. The number of nitrogens with zero attached hydrogens (tertiary/aromatic N) is 2. The minimum absolute atomic E-state index is 0.0867. The molecular formula is C14H19N3O7. The largest absolute Gasteiger partial charge is 0.394 e. The fraction of sp³-hybridized carbons (Fsp3) is 0.643. The lowest BCUT2D eigenvalue weighted by atomic mass is 10.1. The van der Waals surface area contributed by atoms with Crippen molar-refractivity contribution in [3.8, 4) is 0 Å². The van der Waals surface area contributed by atoms with Gasteiger partial charge in [0.05, 0.1) is 6.61 Å². The van der Waals surface area contributed by atoms with Crippen LogP contribution in [0, 0.1) is 0 Å². The maximum absolute atomic E-state index is 12.2. The van der Waals surface area contributed by atoms with E-state index in [1.807, 2.05) is 0 Å². The summed E-state index contributed by atoms with van der Waals surface area (Å²) in [6.07, 6.45) is -0.981. The smallest absolute Gasteiger partial charge is 0.351 e. The second-order valence-electron chi connectivity index (χ2n) is 6.01. The summed E-state index contributed by atoms with van der Waals surface area (Å²) in [5, 5.41) is 9.46. The minimum atomic E-state index is -0.835. The van der Waals surface area contributed by atoms with E-state index >= 15 is 0 Å². The molecule has 1 aromatic rings. The number of nitrogens with one attached hydrogen (secondary N) is 1. The number of carbonyl (C=O) groups excluding carboxylic acids is 1. The summed E-state index contributed by atoms with van der Waals surface area (Å²) in [6, 6.07) is 1.45. The van der Waals surface area contributed by atoms with Crippen LogP contribution >= 0.6 is 0 Å². The Morgan fingerprint density at radius 1 is 1.46 bits per heavy atom. The third-order valence-electron chi connectivity index (χ3n) is 3.71. The molecule has 10 heteroatoms. The first-order valence-corrected chi connectivity index (χ1v) is 7.45. The summed E-state index contributed by atoms with van der Waals surface area (Å²) in [5.74, 6) is -1.31. The third-order valence-corrected chi connectivity index (χ3v) is 3.71. The molecule has 132 valence electrons. The molecule has 2 saturated heterocycles. The standard InChI is InChI=1S/C14H19N3O7/c1-7(19)24-16-9-4-5-17(13(20)15-9)12-11-10(8(6-18)21-12)22-14(2,3)23-11/h4-5,8,10-12,18H,6H2,1-3H3,(H,15,16,20)/t8-,10-,11-,12-/m1/s1. The van der Waals surface area contributed by atoms with Gasteiger partial charge in [-0.05, 0) is 13.8 Å². The number of rotatable bonds is 4. The number of aromatic nitrogens is 2. The zero-order valence-electron chi connectivity index (χ0n) is 13.5. The molecule has 0 aliphatic carbocycles. The van der Waals surface area contributed by atoms with Gasteiger partial charge < -0.3 is 24.2 Å².